The number of nitrogens with two attached hydrogens (primary N) is 1. The van der Waals surface area contributed by atoms with E-state index in [1.54, 1.807) is 18.4 Å². The molecule has 0 aliphatic rings. The molecule has 1 aromatic rings. The average molecular weight is 485 g/mol. The molecule has 0 aliphatic carbocycles. The van der Waals surface area contributed by atoms with E-state index in [4.69, 9.17) is 15.9 Å². The molecular formula is C20H28N4O8S. The number of nitrogens with one attached hydrogen (secondary N) is 3. The second-order valence-corrected chi connectivity index (χ2v) is 8.08. The van der Waals surface area contributed by atoms with Gasteiger partial charge in [-0.05, 0) is 42.5 Å². The number of phenols is 1. The average Bonchev–Trinajstić information content (AvgIpc) is 2.75. The number of carboxylic acids is 2. The Bertz CT molecular complexity index is 849. The lowest BCUT2D eigenvalue weighted by Gasteiger charge is -2.23. The van der Waals surface area contributed by atoms with Crippen LogP contribution in [0.1, 0.15) is 18.4 Å². The number of thioether (sulfide) groups is 1. The molecule has 12 nitrogen and oxygen atoms in total. The van der Waals surface area contributed by atoms with E-state index in [1.807, 2.05) is 5.32 Å². The fourth-order valence-corrected chi connectivity index (χ4v) is 3.18. The van der Waals surface area contributed by atoms with Gasteiger partial charge in [0.25, 0.3) is 0 Å². The van der Waals surface area contributed by atoms with Gasteiger partial charge in [0, 0.05) is 0 Å². The minimum Gasteiger partial charge on any atom is -0.508 e. The molecule has 3 atom stereocenters. The van der Waals surface area contributed by atoms with Crippen molar-refractivity contribution in [2.24, 2.45) is 5.73 Å². The van der Waals surface area contributed by atoms with Crippen LogP contribution in [-0.2, 0) is 30.4 Å². The standard InChI is InChI=1S/C20H28N4O8S/c1-33-7-6-14(23-18(30)13(21)8-11-2-4-12(25)5-3-11)20(32)24-15(9-16(26)27)19(31)22-10-17(28)29/h2-5,13-15,25H,6-10,21H2,1H3,(H,22,31)(H,23,30)(H,24,32)(H,26,27)(H,28,29). The van der Waals surface area contributed by atoms with E-state index in [0.717, 1.165) is 0 Å². The number of benzene rings is 1. The molecule has 0 fully saturated rings. The number of rotatable bonds is 14. The van der Waals surface area contributed by atoms with E-state index in [2.05, 4.69) is 10.6 Å². The zero-order valence-electron chi connectivity index (χ0n) is 17.9. The molecule has 0 radical (unpaired) electrons. The Morgan fingerprint density at radius 1 is 0.939 bits per heavy atom. The number of hydrogen-bond acceptors (Lipinski definition) is 8. The molecule has 3 amide bonds. The van der Waals surface area contributed by atoms with Gasteiger partial charge in [-0.1, -0.05) is 12.1 Å². The van der Waals surface area contributed by atoms with Crippen molar-refractivity contribution < 1.29 is 39.3 Å². The summed E-state index contributed by atoms with van der Waals surface area (Å²) in [5.74, 6) is -4.59. The van der Waals surface area contributed by atoms with Crippen LogP contribution in [0.5, 0.6) is 5.75 Å². The molecule has 1 aromatic carbocycles. The molecule has 1 rings (SSSR count). The quantitative estimate of drug-likeness (QED) is 0.165. The van der Waals surface area contributed by atoms with Gasteiger partial charge >= 0.3 is 11.9 Å². The normalized spacial score (nSPS) is 13.3. The number of carbonyl (C=O) groups is 5. The highest BCUT2D eigenvalue weighted by molar-refractivity contribution is 7.98. The van der Waals surface area contributed by atoms with Crippen molar-refractivity contribution in [2.45, 2.75) is 37.4 Å². The van der Waals surface area contributed by atoms with Crippen molar-refractivity contribution in [3.63, 3.8) is 0 Å². The Balaban J connectivity index is 2.85. The number of carbonyl (C=O) groups excluding carboxylic acids is 3. The summed E-state index contributed by atoms with van der Waals surface area (Å²) in [6.07, 6.45) is 1.34. The molecule has 0 aromatic heterocycles. The van der Waals surface area contributed by atoms with Crippen molar-refractivity contribution >= 4 is 41.4 Å². The van der Waals surface area contributed by atoms with E-state index in [1.165, 1.54) is 23.9 Å². The van der Waals surface area contributed by atoms with Gasteiger partial charge in [0.15, 0.2) is 0 Å². The van der Waals surface area contributed by atoms with Crippen LogP contribution in [0.2, 0.25) is 0 Å². The summed E-state index contributed by atoms with van der Waals surface area (Å²) in [5.41, 5.74) is 6.63. The van der Waals surface area contributed by atoms with Crippen LogP contribution in [0, 0.1) is 0 Å². The summed E-state index contributed by atoms with van der Waals surface area (Å²) in [6, 6.07) is 2.47. The van der Waals surface area contributed by atoms with Gasteiger partial charge in [-0.2, -0.15) is 11.8 Å². The van der Waals surface area contributed by atoms with Crippen LogP contribution >= 0.6 is 11.8 Å². The minimum absolute atomic E-state index is 0.0638. The molecule has 33 heavy (non-hydrogen) atoms. The van der Waals surface area contributed by atoms with E-state index in [9.17, 15) is 29.1 Å². The monoisotopic (exact) mass is 484 g/mol. The Kier molecular flexibility index (Phi) is 11.7. The van der Waals surface area contributed by atoms with Crippen LogP contribution < -0.4 is 21.7 Å². The number of carboxylic acid groups (broad SMARTS) is 2. The number of aliphatic carboxylic acids is 2. The summed E-state index contributed by atoms with van der Waals surface area (Å²) in [7, 11) is 0. The molecule has 0 saturated carbocycles. The number of phenolic OH excluding ortho intramolecular Hbond substituents is 1. The first-order valence-electron chi connectivity index (χ1n) is 9.88. The SMILES string of the molecule is CSCCC(NC(=O)C(N)Cc1ccc(O)cc1)C(=O)NC(CC(=O)O)C(=O)NCC(=O)O. The lowest BCUT2D eigenvalue weighted by atomic mass is 10.0. The number of amides is 3. The third-order valence-electron chi connectivity index (χ3n) is 4.40. The maximum atomic E-state index is 12.7. The highest BCUT2D eigenvalue weighted by Crippen LogP contribution is 2.11. The molecule has 182 valence electrons. The van der Waals surface area contributed by atoms with Gasteiger partial charge in [0.1, 0.15) is 24.4 Å². The lowest BCUT2D eigenvalue weighted by Crippen LogP contribution is -2.56. The van der Waals surface area contributed by atoms with Gasteiger partial charge in [-0.25, -0.2) is 0 Å². The highest BCUT2D eigenvalue weighted by atomic mass is 32.2. The molecule has 13 heteroatoms. The summed E-state index contributed by atoms with van der Waals surface area (Å²) in [5, 5.41) is 33.8. The van der Waals surface area contributed by atoms with Gasteiger partial charge in [-0.3, -0.25) is 24.0 Å². The van der Waals surface area contributed by atoms with Crippen LogP contribution in [0.15, 0.2) is 24.3 Å². The lowest BCUT2D eigenvalue weighted by molar-refractivity contribution is -0.141. The van der Waals surface area contributed by atoms with Crippen LogP contribution in [-0.4, -0.2) is 81.7 Å². The van der Waals surface area contributed by atoms with Crippen LogP contribution in [0.3, 0.4) is 0 Å². The van der Waals surface area contributed by atoms with Crippen molar-refractivity contribution in [1.82, 2.24) is 16.0 Å². The molecule has 0 saturated heterocycles. The smallest absolute Gasteiger partial charge is 0.322 e. The fourth-order valence-electron chi connectivity index (χ4n) is 2.70. The van der Waals surface area contributed by atoms with Gasteiger partial charge in [0.2, 0.25) is 17.7 Å². The van der Waals surface area contributed by atoms with E-state index >= 15 is 0 Å². The molecular weight excluding hydrogens is 456 g/mol. The molecule has 0 aliphatic heterocycles. The number of aromatic hydroxyl groups is 1. The van der Waals surface area contributed by atoms with Crippen LogP contribution in [0.4, 0.5) is 0 Å². The largest absolute Gasteiger partial charge is 0.508 e. The van der Waals surface area contributed by atoms with E-state index in [0.29, 0.717) is 11.3 Å². The molecule has 0 spiro atoms. The minimum atomic E-state index is -1.53. The molecule has 0 heterocycles. The second-order valence-electron chi connectivity index (χ2n) is 7.09. The third kappa shape index (κ3) is 10.7. The van der Waals surface area contributed by atoms with Crippen molar-refractivity contribution in [1.29, 1.82) is 0 Å². The molecule has 0 bridgehead atoms. The summed E-state index contributed by atoms with van der Waals surface area (Å²) in [6.45, 7) is -0.746. The molecule has 3 unspecified atom stereocenters. The zero-order valence-corrected chi connectivity index (χ0v) is 18.8. The zero-order chi connectivity index (χ0) is 25.0. The fraction of sp³-hybridized carbons (Fsp3) is 0.450. The Labute approximate surface area is 194 Å². The summed E-state index contributed by atoms with van der Waals surface area (Å²) < 4.78 is 0. The van der Waals surface area contributed by atoms with Crippen molar-refractivity contribution in [3.8, 4) is 5.75 Å². The summed E-state index contributed by atoms with van der Waals surface area (Å²) in [4.78, 5) is 59.2. The first-order valence-corrected chi connectivity index (χ1v) is 11.3. The first kappa shape index (κ1) is 27.7. The maximum Gasteiger partial charge on any atom is 0.322 e. The number of hydrogen-bond donors (Lipinski definition) is 7. The molecule has 8 N–H and O–H groups in total. The highest BCUT2D eigenvalue weighted by Gasteiger charge is 2.29. The van der Waals surface area contributed by atoms with Crippen molar-refractivity contribution in [2.75, 3.05) is 18.6 Å². The van der Waals surface area contributed by atoms with Gasteiger partial charge in [-0.15, -0.1) is 0 Å². The Morgan fingerprint density at radius 2 is 1.55 bits per heavy atom. The third-order valence-corrected chi connectivity index (χ3v) is 5.04. The van der Waals surface area contributed by atoms with E-state index < -0.39 is 60.8 Å². The summed E-state index contributed by atoms with van der Waals surface area (Å²) >= 11 is 1.41. The topological polar surface area (TPSA) is 208 Å². The second kappa shape index (κ2) is 14.0. The predicted octanol–water partition coefficient (Wildman–Crippen LogP) is -1.34. The van der Waals surface area contributed by atoms with Gasteiger partial charge in [0.05, 0.1) is 12.5 Å². The first-order chi connectivity index (χ1) is 15.5. The maximum absolute atomic E-state index is 12.7. The Hall–Kier alpha value is -3.32. The van der Waals surface area contributed by atoms with Crippen molar-refractivity contribution in [3.05, 3.63) is 29.8 Å². The van der Waals surface area contributed by atoms with Crippen LogP contribution in [0.25, 0.3) is 0 Å². The predicted molar refractivity (Wildman–Crippen MR) is 120 cm³/mol. The van der Waals surface area contributed by atoms with E-state index in [-0.39, 0.29) is 18.6 Å². The Morgan fingerprint density at radius 3 is 2.09 bits per heavy atom. The van der Waals surface area contributed by atoms with Gasteiger partial charge < -0.3 is 37.0 Å².